The molecule has 0 N–H and O–H groups in total. The monoisotopic (exact) mass is 493 g/mol. The van der Waals surface area contributed by atoms with Gasteiger partial charge in [-0.2, -0.15) is 0 Å². The predicted octanol–water partition coefficient (Wildman–Crippen LogP) is 3.79. The van der Waals surface area contributed by atoms with E-state index in [1.807, 2.05) is 12.1 Å². The van der Waals surface area contributed by atoms with Gasteiger partial charge in [-0.1, -0.05) is 41.0 Å². The molecule has 1 aromatic heterocycles. The molecule has 1 aliphatic heterocycles. The molecule has 0 atom stereocenters. The van der Waals surface area contributed by atoms with Crippen molar-refractivity contribution in [3.63, 3.8) is 0 Å². The first-order chi connectivity index (χ1) is 15.4. The number of rotatable bonds is 5. The van der Waals surface area contributed by atoms with Crippen molar-refractivity contribution in [3.8, 4) is 5.69 Å². The summed E-state index contributed by atoms with van der Waals surface area (Å²) < 4.78 is 15.0. The molecule has 166 valence electrons. The summed E-state index contributed by atoms with van der Waals surface area (Å²) in [6.07, 6.45) is 1.57. The number of halogens is 3. The number of hydrogen-bond donors (Lipinski definition) is 0. The minimum atomic E-state index is -0.495. The Labute approximate surface area is 198 Å². The van der Waals surface area contributed by atoms with Crippen molar-refractivity contribution in [2.75, 3.05) is 31.9 Å². The lowest BCUT2D eigenvalue weighted by atomic mass is 10.1. The van der Waals surface area contributed by atoms with Crippen LogP contribution in [0, 0.1) is 5.82 Å². The number of aromatic nitrogens is 3. The van der Waals surface area contributed by atoms with Crippen LogP contribution in [0.25, 0.3) is 5.69 Å². The van der Waals surface area contributed by atoms with E-state index in [9.17, 15) is 14.0 Å². The standard InChI is InChI=1S/C21H18Cl2FN5O2S/c22-14-2-1-3-16(10-14)29-13-25-26-21(29)32-12-19(30)27-6-8-28(9-7-27)20(31)17-5-4-15(24)11-18(17)23/h1-5,10-11,13H,6-9,12H2. The fraction of sp³-hybridized carbons (Fsp3) is 0.238. The van der Waals surface area contributed by atoms with E-state index in [2.05, 4.69) is 10.2 Å². The van der Waals surface area contributed by atoms with Gasteiger partial charge in [-0.05, 0) is 36.4 Å². The maximum atomic E-state index is 13.2. The molecule has 0 bridgehead atoms. The largest absolute Gasteiger partial charge is 0.338 e. The highest BCUT2D eigenvalue weighted by atomic mass is 35.5. The van der Waals surface area contributed by atoms with Crippen LogP contribution in [0.1, 0.15) is 10.4 Å². The minimum Gasteiger partial charge on any atom is -0.338 e. The van der Waals surface area contributed by atoms with Gasteiger partial charge in [-0.3, -0.25) is 14.2 Å². The number of hydrogen-bond acceptors (Lipinski definition) is 5. The quantitative estimate of drug-likeness (QED) is 0.505. The molecule has 0 spiro atoms. The van der Waals surface area contributed by atoms with Crippen molar-refractivity contribution >= 4 is 46.8 Å². The van der Waals surface area contributed by atoms with E-state index in [4.69, 9.17) is 23.2 Å². The van der Waals surface area contributed by atoms with Crippen LogP contribution < -0.4 is 0 Å². The third kappa shape index (κ3) is 5.06. The second kappa shape index (κ2) is 9.89. The van der Waals surface area contributed by atoms with Gasteiger partial charge in [-0.25, -0.2) is 4.39 Å². The second-order valence-corrected chi connectivity index (χ2v) is 8.84. The van der Waals surface area contributed by atoms with Gasteiger partial charge in [0.2, 0.25) is 5.91 Å². The van der Waals surface area contributed by atoms with Gasteiger partial charge in [0, 0.05) is 31.2 Å². The van der Waals surface area contributed by atoms with Gasteiger partial charge in [0.05, 0.1) is 22.0 Å². The first kappa shape index (κ1) is 22.6. The number of carbonyl (C=O) groups is 2. The normalized spacial score (nSPS) is 14.0. The third-order valence-corrected chi connectivity index (χ3v) is 6.48. The zero-order chi connectivity index (χ0) is 22.7. The predicted molar refractivity (Wildman–Crippen MR) is 121 cm³/mol. The summed E-state index contributed by atoms with van der Waals surface area (Å²) in [6, 6.07) is 11.0. The maximum absolute atomic E-state index is 13.2. The minimum absolute atomic E-state index is 0.0532. The van der Waals surface area contributed by atoms with Crippen molar-refractivity contribution in [1.29, 1.82) is 0 Å². The number of benzene rings is 2. The van der Waals surface area contributed by atoms with Gasteiger partial charge in [0.1, 0.15) is 12.1 Å². The lowest BCUT2D eigenvalue weighted by Crippen LogP contribution is -2.51. The molecule has 4 rings (SSSR count). The van der Waals surface area contributed by atoms with Crippen LogP contribution in [0.3, 0.4) is 0 Å². The van der Waals surface area contributed by atoms with Crippen LogP contribution in [-0.2, 0) is 4.79 Å². The Kier molecular flexibility index (Phi) is 6.98. The summed E-state index contributed by atoms with van der Waals surface area (Å²) >= 11 is 13.3. The Hall–Kier alpha value is -2.62. The average molecular weight is 494 g/mol. The van der Waals surface area contributed by atoms with E-state index >= 15 is 0 Å². The summed E-state index contributed by atoms with van der Waals surface area (Å²) in [6.45, 7) is 1.57. The fourth-order valence-corrected chi connectivity index (χ4v) is 4.60. The Morgan fingerprint density at radius 1 is 1.03 bits per heavy atom. The van der Waals surface area contributed by atoms with E-state index in [-0.39, 0.29) is 28.2 Å². The molecule has 0 unspecified atom stereocenters. The summed E-state index contributed by atoms with van der Waals surface area (Å²) in [5, 5.41) is 9.28. The molecule has 7 nitrogen and oxygen atoms in total. The van der Waals surface area contributed by atoms with Crippen LogP contribution in [0.15, 0.2) is 53.9 Å². The molecule has 2 aromatic carbocycles. The Morgan fingerprint density at radius 2 is 1.78 bits per heavy atom. The van der Waals surface area contributed by atoms with E-state index in [1.165, 1.54) is 23.9 Å². The van der Waals surface area contributed by atoms with Crippen molar-refractivity contribution in [1.82, 2.24) is 24.6 Å². The topological polar surface area (TPSA) is 71.3 Å². The lowest BCUT2D eigenvalue weighted by Gasteiger charge is -2.35. The van der Waals surface area contributed by atoms with Crippen LogP contribution in [-0.4, -0.2) is 68.3 Å². The maximum Gasteiger partial charge on any atom is 0.255 e. The van der Waals surface area contributed by atoms with Crippen LogP contribution in [0.2, 0.25) is 10.0 Å². The van der Waals surface area contributed by atoms with E-state index < -0.39 is 5.82 Å². The Balaban J connectivity index is 1.32. The summed E-state index contributed by atoms with van der Waals surface area (Å²) in [5.74, 6) is -0.629. The number of thioether (sulfide) groups is 1. The van der Waals surface area contributed by atoms with Gasteiger partial charge in [0.25, 0.3) is 5.91 Å². The number of amides is 2. The molecule has 2 heterocycles. The van der Waals surface area contributed by atoms with E-state index in [0.717, 1.165) is 11.8 Å². The molecule has 2 amide bonds. The average Bonchev–Trinajstić information content (AvgIpc) is 3.26. The number of nitrogens with zero attached hydrogens (tertiary/aromatic N) is 5. The van der Waals surface area contributed by atoms with Crippen LogP contribution in [0.4, 0.5) is 4.39 Å². The molecule has 0 radical (unpaired) electrons. The lowest BCUT2D eigenvalue weighted by molar-refractivity contribution is -0.129. The van der Waals surface area contributed by atoms with Gasteiger partial charge < -0.3 is 9.80 Å². The Bertz CT molecular complexity index is 1150. The fourth-order valence-electron chi connectivity index (χ4n) is 3.34. The molecule has 1 fully saturated rings. The summed E-state index contributed by atoms with van der Waals surface area (Å²) in [5.41, 5.74) is 1.06. The van der Waals surface area contributed by atoms with Crippen LogP contribution >= 0.6 is 35.0 Å². The molecule has 3 aromatic rings. The summed E-state index contributed by atoms with van der Waals surface area (Å²) in [4.78, 5) is 28.7. The first-order valence-corrected chi connectivity index (χ1v) is 11.5. The molecule has 0 saturated carbocycles. The molecule has 1 aliphatic rings. The van der Waals surface area contributed by atoms with Gasteiger partial charge >= 0.3 is 0 Å². The zero-order valence-corrected chi connectivity index (χ0v) is 19.1. The van der Waals surface area contributed by atoms with Crippen molar-refractivity contribution in [3.05, 3.63) is 70.2 Å². The molecule has 11 heteroatoms. The third-order valence-electron chi connectivity index (χ3n) is 5.01. The van der Waals surface area contributed by atoms with Crippen molar-refractivity contribution < 1.29 is 14.0 Å². The van der Waals surface area contributed by atoms with Crippen molar-refractivity contribution in [2.24, 2.45) is 0 Å². The molecular weight excluding hydrogens is 476 g/mol. The van der Waals surface area contributed by atoms with Gasteiger partial charge in [0.15, 0.2) is 5.16 Å². The highest BCUT2D eigenvalue weighted by Crippen LogP contribution is 2.23. The highest BCUT2D eigenvalue weighted by molar-refractivity contribution is 7.99. The first-order valence-electron chi connectivity index (χ1n) is 9.73. The van der Waals surface area contributed by atoms with E-state index in [1.54, 1.807) is 32.8 Å². The second-order valence-electron chi connectivity index (χ2n) is 7.05. The van der Waals surface area contributed by atoms with Crippen LogP contribution in [0.5, 0.6) is 0 Å². The Morgan fingerprint density at radius 3 is 2.50 bits per heavy atom. The molecule has 32 heavy (non-hydrogen) atoms. The summed E-state index contributed by atoms with van der Waals surface area (Å²) in [7, 11) is 0. The van der Waals surface area contributed by atoms with Crippen molar-refractivity contribution in [2.45, 2.75) is 5.16 Å². The molecular formula is C21H18Cl2FN5O2S. The highest BCUT2D eigenvalue weighted by Gasteiger charge is 2.26. The smallest absolute Gasteiger partial charge is 0.255 e. The zero-order valence-electron chi connectivity index (χ0n) is 16.7. The molecule has 1 saturated heterocycles. The van der Waals surface area contributed by atoms with Gasteiger partial charge in [-0.15, -0.1) is 10.2 Å². The molecule has 0 aliphatic carbocycles. The van der Waals surface area contributed by atoms with E-state index in [0.29, 0.717) is 36.4 Å². The number of carbonyl (C=O) groups excluding carboxylic acids is 2. The SMILES string of the molecule is O=C(CSc1nncn1-c1cccc(Cl)c1)N1CCN(C(=O)c2ccc(F)cc2Cl)CC1. The number of piperazine rings is 1.